The molecular formula is C22H24N2O4S2. The number of ether oxygens (including phenoxy) is 3. The Bertz CT molecular complexity index is 1020. The second-order valence-corrected chi connectivity index (χ2v) is 8.87. The summed E-state index contributed by atoms with van der Waals surface area (Å²) >= 11 is 3.21. The Morgan fingerprint density at radius 3 is 2.63 bits per heavy atom. The van der Waals surface area contributed by atoms with Crippen LogP contribution in [-0.2, 0) is 4.74 Å². The van der Waals surface area contributed by atoms with Crippen LogP contribution in [0, 0.1) is 0 Å². The molecule has 3 aromatic rings. The van der Waals surface area contributed by atoms with E-state index in [0.29, 0.717) is 28.7 Å². The molecule has 1 saturated heterocycles. The molecule has 0 bridgehead atoms. The highest BCUT2D eigenvalue weighted by atomic mass is 32.2. The minimum atomic E-state index is -0.146. The molecule has 0 saturated carbocycles. The first-order valence-electron chi connectivity index (χ1n) is 9.72. The van der Waals surface area contributed by atoms with E-state index >= 15 is 0 Å². The predicted molar refractivity (Wildman–Crippen MR) is 122 cm³/mol. The highest BCUT2D eigenvalue weighted by Gasteiger charge is 2.27. The standard InChI is InChI=1S/C22H24N2O4S2/c1-26-16-9-14(10-17(11-16)27-2)21(25)24(13-15-5-4-8-28-15)22-23-19-7-6-18(29-3)12-20(19)30-22/h6-7,9-12,15H,4-5,8,13H2,1-3H3. The molecule has 158 valence electrons. The quantitative estimate of drug-likeness (QED) is 0.485. The van der Waals surface area contributed by atoms with Crippen LogP contribution in [0.5, 0.6) is 11.5 Å². The largest absolute Gasteiger partial charge is 0.497 e. The van der Waals surface area contributed by atoms with Crippen molar-refractivity contribution in [2.24, 2.45) is 0 Å². The van der Waals surface area contributed by atoms with Gasteiger partial charge in [-0.1, -0.05) is 11.3 Å². The van der Waals surface area contributed by atoms with Gasteiger partial charge >= 0.3 is 0 Å². The van der Waals surface area contributed by atoms with Gasteiger partial charge in [0.15, 0.2) is 5.13 Å². The average molecular weight is 445 g/mol. The van der Waals surface area contributed by atoms with E-state index in [0.717, 1.165) is 29.7 Å². The lowest BCUT2D eigenvalue weighted by Crippen LogP contribution is -2.37. The zero-order valence-corrected chi connectivity index (χ0v) is 18.8. The van der Waals surface area contributed by atoms with E-state index in [-0.39, 0.29) is 12.0 Å². The maximum absolute atomic E-state index is 13.6. The average Bonchev–Trinajstić information content (AvgIpc) is 3.45. The zero-order chi connectivity index (χ0) is 21.1. The first-order valence-corrected chi connectivity index (χ1v) is 11.8. The summed E-state index contributed by atoms with van der Waals surface area (Å²) in [4.78, 5) is 21.3. The van der Waals surface area contributed by atoms with Crippen molar-refractivity contribution in [3.8, 4) is 11.5 Å². The third-order valence-corrected chi connectivity index (χ3v) is 6.84. The number of carbonyl (C=O) groups is 1. The Labute approximate surface area is 184 Å². The minimum Gasteiger partial charge on any atom is -0.497 e. The van der Waals surface area contributed by atoms with Crippen molar-refractivity contribution in [3.63, 3.8) is 0 Å². The van der Waals surface area contributed by atoms with Crippen LogP contribution in [0.15, 0.2) is 41.3 Å². The smallest absolute Gasteiger partial charge is 0.260 e. The molecule has 1 aliphatic heterocycles. The summed E-state index contributed by atoms with van der Waals surface area (Å²) in [5, 5.41) is 0.672. The number of hydrogen-bond acceptors (Lipinski definition) is 7. The van der Waals surface area contributed by atoms with Crippen molar-refractivity contribution in [1.29, 1.82) is 0 Å². The molecule has 1 aromatic heterocycles. The van der Waals surface area contributed by atoms with Gasteiger partial charge in [0.05, 0.1) is 37.1 Å². The summed E-state index contributed by atoms with van der Waals surface area (Å²) in [5.74, 6) is 0.999. The summed E-state index contributed by atoms with van der Waals surface area (Å²) in [6.45, 7) is 1.20. The maximum atomic E-state index is 13.6. The van der Waals surface area contributed by atoms with Crippen LogP contribution in [0.1, 0.15) is 23.2 Å². The monoisotopic (exact) mass is 444 g/mol. The second kappa shape index (κ2) is 9.24. The maximum Gasteiger partial charge on any atom is 0.260 e. The minimum absolute atomic E-state index is 0.00947. The van der Waals surface area contributed by atoms with E-state index in [9.17, 15) is 4.79 Å². The molecule has 8 heteroatoms. The molecule has 0 N–H and O–H groups in total. The number of benzene rings is 2. The summed E-state index contributed by atoms with van der Waals surface area (Å²) in [7, 11) is 3.15. The van der Waals surface area contributed by atoms with E-state index in [4.69, 9.17) is 19.2 Å². The first kappa shape index (κ1) is 21.0. The molecule has 0 spiro atoms. The van der Waals surface area contributed by atoms with Crippen molar-refractivity contribution in [3.05, 3.63) is 42.0 Å². The number of amides is 1. The van der Waals surface area contributed by atoms with Crippen LogP contribution >= 0.6 is 23.1 Å². The van der Waals surface area contributed by atoms with Crippen LogP contribution in [0.25, 0.3) is 10.2 Å². The molecule has 0 radical (unpaired) electrons. The highest BCUT2D eigenvalue weighted by Crippen LogP contribution is 2.34. The van der Waals surface area contributed by atoms with E-state index in [1.54, 1.807) is 49.1 Å². The summed E-state index contributed by atoms with van der Waals surface area (Å²) in [5.41, 5.74) is 1.38. The van der Waals surface area contributed by atoms with Gasteiger partial charge in [0, 0.05) is 23.1 Å². The van der Waals surface area contributed by atoms with Crippen molar-refractivity contribution in [2.75, 3.05) is 38.5 Å². The van der Waals surface area contributed by atoms with E-state index in [2.05, 4.69) is 12.1 Å². The molecule has 4 rings (SSSR count). The number of fused-ring (bicyclic) bond motifs is 1. The third kappa shape index (κ3) is 4.40. The topological polar surface area (TPSA) is 60.9 Å². The van der Waals surface area contributed by atoms with Gasteiger partial charge in [-0.05, 0) is 49.4 Å². The van der Waals surface area contributed by atoms with Gasteiger partial charge in [-0.15, -0.1) is 11.8 Å². The fraction of sp³-hybridized carbons (Fsp3) is 0.364. The number of carbonyl (C=O) groups excluding carboxylic acids is 1. The Morgan fingerprint density at radius 2 is 2.00 bits per heavy atom. The van der Waals surface area contributed by atoms with Crippen molar-refractivity contribution < 1.29 is 19.0 Å². The SMILES string of the molecule is COc1cc(OC)cc(C(=O)N(CC2CCCO2)c2nc3ccc(SC)cc3s2)c1. The first-order chi connectivity index (χ1) is 14.6. The summed E-state index contributed by atoms with van der Waals surface area (Å²) in [6.07, 6.45) is 4.01. The van der Waals surface area contributed by atoms with Gasteiger partial charge in [-0.2, -0.15) is 0 Å². The van der Waals surface area contributed by atoms with Gasteiger partial charge in [-0.3, -0.25) is 9.69 Å². The van der Waals surface area contributed by atoms with Crippen molar-refractivity contribution >= 4 is 44.4 Å². The normalized spacial score (nSPS) is 16.0. The predicted octanol–water partition coefficient (Wildman–Crippen LogP) is 4.86. The molecule has 1 amide bonds. The van der Waals surface area contributed by atoms with Crippen LogP contribution in [0.2, 0.25) is 0 Å². The van der Waals surface area contributed by atoms with Crippen LogP contribution in [0.3, 0.4) is 0 Å². The van der Waals surface area contributed by atoms with Crippen molar-refractivity contribution in [1.82, 2.24) is 4.98 Å². The number of thioether (sulfide) groups is 1. The lowest BCUT2D eigenvalue weighted by atomic mass is 10.1. The summed E-state index contributed by atoms with van der Waals surface area (Å²) in [6, 6.07) is 11.4. The number of hydrogen-bond donors (Lipinski definition) is 0. The molecule has 1 atom stereocenters. The zero-order valence-electron chi connectivity index (χ0n) is 17.2. The molecular weight excluding hydrogens is 420 g/mol. The fourth-order valence-corrected chi connectivity index (χ4v) is 4.99. The number of anilines is 1. The lowest BCUT2D eigenvalue weighted by Gasteiger charge is -2.23. The van der Waals surface area contributed by atoms with Crippen LogP contribution in [0.4, 0.5) is 5.13 Å². The number of rotatable bonds is 7. The third-order valence-electron chi connectivity index (χ3n) is 5.07. The van der Waals surface area contributed by atoms with Crippen LogP contribution in [-0.4, -0.2) is 50.6 Å². The van der Waals surface area contributed by atoms with E-state index < -0.39 is 0 Å². The molecule has 0 aliphatic carbocycles. The Morgan fingerprint density at radius 1 is 1.23 bits per heavy atom. The Hall–Kier alpha value is -2.29. The molecule has 1 fully saturated rings. The Kier molecular flexibility index (Phi) is 6.46. The van der Waals surface area contributed by atoms with Gasteiger partial charge in [0.1, 0.15) is 11.5 Å². The number of methoxy groups -OCH3 is 2. The number of thiazole rings is 1. The fourth-order valence-electron chi connectivity index (χ4n) is 3.46. The van der Waals surface area contributed by atoms with E-state index in [1.807, 2.05) is 12.3 Å². The molecule has 2 heterocycles. The van der Waals surface area contributed by atoms with E-state index in [1.165, 1.54) is 16.2 Å². The van der Waals surface area contributed by atoms with Gasteiger partial charge in [0.25, 0.3) is 5.91 Å². The molecule has 6 nitrogen and oxygen atoms in total. The van der Waals surface area contributed by atoms with Gasteiger partial charge in [0.2, 0.25) is 0 Å². The number of nitrogens with zero attached hydrogens (tertiary/aromatic N) is 2. The highest BCUT2D eigenvalue weighted by molar-refractivity contribution is 7.98. The van der Waals surface area contributed by atoms with Gasteiger partial charge in [-0.25, -0.2) is 4.98 Å². The molecule has 2 aromatic carbocycles. The summed E-state index contributed by atoms with van der Waals surface area (Å²) < 4.78 is 17.6. The molecule has 1 aliphatic rings. The number of aromatic nitrogens is 1. The van der Waals surface area contributed by atoms with Crippen LogP contribution < -0.4 is 14.4 Å². The molecule has 30 heavy (non-hydrogen) atoms. The Balaban J connectivity index is 1.73. The van der Waals surface area contributed by atoms with Crippen molar-refractivity contribution in [2.45, 2.75) is 23.8 Å². The lowest BCUT2D eigenvalue weighted by molar-refractivity contribution is 0.0917. The van der Waals surface area contributed by atoms with Gasteiger partial charge < -0.3 is 14.2 Å². The molecule has 1 unspecified atom stereocenters. The second-order valence-electron chi connectivity index (χ2n) is 6.98.